The minimum Gasteiger partial charge on any atom is -0.327 e. The summed E-state index contributed by atoms with van der Waals surface area (Å²) in [5.74, 6) is -0.637. The van der Waals surface area contributed by atoms with Gasteiger partial charge in [-0.15, -0.1) is 0 Å². The molecule has 5 atom stereocenters. The number of aromatic nitrogens is 3. The molecule has 2 saturated carbocycles. The van der Waals surface area contributed by atoms with Gasteiger partial charge in [0.1, 0.15) is 11.8 Å². The van der Waals surface area contributed by atoms with Gasteiger partial charge in [0.25, 0.3) is 0 Å². The van der Waals surface area contributed by atoms with Gasteiger partial charge in [0.15, 0.2) is 11.6 Å². The van der Waals surface area contributed by atoms with Crippen LogP contribution in [-0.2, 0) is 4.79 Å². The predicted octanol–water partition coefficient (Wildman–Crippen LogP) is 5.72. The summed E-state index contributed by atoms with van der Waals surface area (Å²) in [6.45, 7) is 1.98. The number of carbonyl (C=O) groups excluding carboxylic acids is 1. The first kappa shape index (κ1) is 22.4. The van der Waals surface area contributed by atoms with Crippen LogP contribution in [0.5, 0.6) is 0 Å². The number of pyridine rings is 1. The molecule has 2 aromatic heterocycles. The zero-order chi connectivity index (χ0) is 25.0. The van der Waals surface area contributed by atoms with Crippen molar-refractivity contribution >= 4 is 22.6 Å². The minimum atomic E-state index is -0.886. The van der Waals surface area contributed by atoms with Crippen LogP contribution in [0.4, 0.5) is 14.5 Å². The van der Waals surface area contributed by atoms with Crippen molar-refractivity contribution < 1.29 is 13.6 Å². The Bertz CT molecular complexity index is 1490. The summed E-state index contributed by atoms with van der Waals surface area (Å²) in [5.41, 5.74) is 4.04. The average Bonchev–Trinajstić information content (AvgIpc) is 3.18. The lowest BCUT2D eigenvalue weighted by atomic mass is 9.96. The monoisotopic (exact) mass is 483 g/mol. The Kier molecular flexibility index (Phi) is 5.29. The standard InChI is InChI=1S/C28H23F2N5O/c1-15(28(36)34-18-5-2-16(3-6-18)17-4-7-19(12-31)32-13-17)27-21-8-20(9-22(21)27)35-14-33-25-10-23(29)24(30)11-26(25)35/h2-7,10-11,13-15,20-22,27H,8-9H2,1H3,(H,34,36)/t15-,20?,21-,22+,27?/m0/s1. The van der Waals surface area contributed by atoms with E-state index in [2.05, 4.69) is 15.3 Å². The number of imidazole rings is 1. The minimum absolute atomic E-state index is 0.00404. The molecule has 0 radical (unpaired) electrons. The van der Waals surface area contributed by atoms with Crippen molar-refractivity contribution in [2.45, 2.75) is 25.8 Å². The summed E-state index contributed by atoms with van der Waals surface area (Å²) >= 11 is 0. The lowest BCUT2D eigenvalue weighted by molar-refractivity contribution is -0.120. The number of fused-ring (bicyclic) bond motifs is 2. The van der Waals surface area contributed by atoms with Crippen molar-refractivity contribution in [2.24, 2.45) is 23.7 Å². The van der Waals surface area contributed by atoms with E-state index in [1.54, 1.807) is 18.6 Å². The highest BCUT2D eigenvalue weighted by molar-refractivity contribution is 5.93. The third-order valence-electron chi connectivity index (χ3n) is 7.85. The molecule has 8 heteroatoms. The summed E-state index contributed by atoms with van der Waals surface area (Å²) in [7, 11) is 0. The number of nitrogens with one attached hydrogen (secondary N) is 1. The molecule has 0 aliphatic heterocycles. The van der Waals surface area contributed by atoms with Crippen molar-refractivity contribution in [3.05, 3.63) is 78.4 Å². The second kappa shape index (κ2) is 8.52. The van der Waals surface area contributed by atoms with Crippen molar-refractivity contribution in [3.8, 4) is 17.2 Å². The summed E-state index contributed by atoms with van der Waals surface area (Å²) in [6.07, 6.45) is 5.14. The second-order valence-corrected chi connectivity index (χ2v) is 9.84. The molecule has 4 aromatic rings. The van der Waals surface area contributed by atoms with E-state index in [9.17, 15) is 13.6 Å². The highest BCUT2D eigenvalue weighted by atomic mass is 19.2. The maximum atomic E-state index is 13.8. The van der Waals surface area contributed by atoms with E-state index in [0.717, 1.165) is 35.7 Å². The molecule has 6 rings (SSSR count). The first-order valence-electron chi connectivity index (χ1n) is 12.0. The molecule has 1 amide bonds. The molecule has 0 saturated heterocycles. The molecular formula is C28H23F2N5O. The first-order chi connectivity index (χ1) is 17.4. The lowest BCUT2D eigenvalue weighted by Crippen LogP contribution is -2.24. The Balaban J connectivity index is 1.07. The van der Waals surface area contributed by atoms with Crippen LogP contribution >= 0.6 is 0 Å². The van der Waals surface area contributed by atoms with E-state index in [1.165, 1.54) is 6.07 Å². The lowest BCUT2D eigenvalue weighted by Gasteiger charge is -2.20. The number of anilines is 1. The number of nitrogens with zero attached hydrogens (tertiary/aromatic N) is 4. The summed E-state index contributed by atoms with van der Waals surface area (Å²) in [6, 6.07) is 15.7. The zero-order valence-corrected chi connectivity index (χ0v) is 19.5. The largest absolute Gasteiger partial charge is 0.327 e. The van der Waals surface area contributed by atoms with E-state index < -0.39 is 11.6 Å². The van der Waals surface area contributed by atoms with Crippen molar-refractivity contribution in [2.75, 3.05) is 5.32 Å². The number of nitriles is 1. The normalized spacial score (nSPS) is 23.2. The molecule has 2 unspecified atom stereocenters. The van der Waals surface area contributed by atoms with Gasteiger partial charge in [-0.05, 0) is 60.4 Å². The van der Waals surface area contributed by atoms with Gasteiger partial charge < -0.3 is 9.88 Å². The summed E-state index contributed by atoms with van der Waals surface area (Å²) in [4.78, 5) is 21.3. The van der Waals surface area contributed by atoms with E-state index in [4.69, 9.17) is 5.26 Å². The fourth-order valence-corrected chi connectivity index (χ4v) is 5.95. The summed E-state index contributed by atoms with van der Waals surface area (Å²) in [5, 5.41) is 11.9. The second-order valence-electron chi connectivity index (χ2n) is 9.84. The van der Waals surface area contributed by atoms with Crippen LogP contribution in [0.2, 0.25) is 0 Å². The Morgan fingerprint density at radius 1 is 1.06 bits per heavy atom. The Labute approximate surface area is 206 Å². The number of hydrogen-bond acceptors (Lipinski definition) is 4. The Hall–Kier alpha value is -4.12. The quantitative estimate of drug-likeness (QED) is 0.394. The van der Waals surface area contributed by atoms with Crippen LogP contribution in [0, 0.1) is 46.6 Å². The van der Waals surface area contributed by atoms with Crippen LogP contribution < -0.4 is 5.32 Å². The maximum absolute atomic E-state index is 13.8. The fraction of sp³-hybridized carbons (Fsp3) is 0.286. The van der Waals surface area contributed by atoms with E-state index in [-0.39, 0.29) is 17.9 Å². The fourth-order valence-electron chi connectivity index (χ4n) is 5.95. The molecule has 2 aliphatic rings. The molecule has 36 heavy (non-hydrogen) atoms. The van der Waals surface area contributed by atoms with E-state index >= 15 is 0 Å². The maximum Gasteiger partial charge on any atom is 0.227 e. The smallest absolute Gasteiger partial charge is 0.227 e. The molecule has 0 spiro atoms. The molecule has 2 aliphatic carbocycles. The molecule has 2 heterocycles. The van der Waals surface area contributed by atoms with Gasteiger partial charge in [0, 0.05) is 41.5 Å². The van der Waals surface area contributed by atoms with Crippen LogP contribution in [0.25, 0.3) is 22.2 Å². The number of halogens is 2. The third-order valence-corrected chi connectivity index (χ3v) is 7.85. The molecule has 2 aromatic carbocycles. The van der Waals surface area contributed by atoms with Crippen LogP contribution in [-0.4, -0.2) is 20.4 Å². The third kappa shape index (κ3) is 3.81. The Morgan fingerprint density at radius 3 is 2.42 bits per heavy atom. The van der Waals surface area contributed by atoms with Crippen LogP contribution in [0.15, 0.2) is 61.1 Å². The van der Waals surface area contributed by atoms with Gasteiger partial charge in [-0.1, -0.05) is 19.1 Å². The van der Waals surface area contributed by atoms with Gasteiger partial charge in [0.05, 0.1) is 17.4 Å². The van der Waals surface area contributed by atoms with Crippen molar-refractivity contribution in [3.63, 3.8) is 0 Å². The molecular weight excluding hydrogens is 460 g/mol. The van der Waals surface area contributed by atoms with Gasteiger partial charge >= 0.3 is 0 Å². The number of hydrogen-bond donors (Lipinski definition) is 1. The number of carbonyl (C=O) groups is 1. The highest BCUT2D eigenvalue weighted by Gasteiger charge is 2.59. The number of rotatable bonds is 5. The summed E-state index contributed by atoms with van der Waals surface area (Å²) < 4.78 is 29.3. The topological polar surface area (TPSA) is 83.6 Å². The predicted molar refractivity (Wildman–Crippen MR) is 131 cm³/mol. The van der Waals surface area contributed by atoms with Crippen LogP contribution in [0.3, 0.4) is 0 Å². The molecule has 0 bridgehead atoms. The van der Waals surface area contributed by atoms with Crippen molar-refractivity contribution in [1.82, 2.24) is 14.5 Å². The van der Waals surface area contributed by atoms with E-state index in [1.807, 2.05) is 47.9 Å². The molecule has 2 fully saturated rings. The number of amides is 1. The van der Waals surface area contributed by atoms with Crippen molar-refractivity contribution in [1.29, 1.82) is 5.26 Å². The van der Waals surface area contributed by atoms with Crippen LogP contribution in [0.1, 0.15) is 31.5 Å². The van der Waals surface area contributed by atoms with Gasteiger partial charge in [-0.25, -0.2) is 18.7 Å². The first-order valence-corrected chi connectivity index (χ1v) is 12.0. The van der Waals surface area contributed by atoms with Gasteiger partial charge in [-0.2, -0.15) is 5.26 Å². The highest BCUT2D eigenvalue weighted by Crippen LogP contribution is 2.64. The van der Waals surface area contributed by atoms with E-state index in [0.29, 0.717) is 34.5 Å². The van der Waals surface area contributed by atoms with Gasteiger partial charge in [-0.3, -0.25) is 4.79 Å². The zero-order valence-electron chi connectivity index (χ0n) is 19.5. The SMILES string of the molecule is C[C@H](C(=O)Nc1ccc(-c2ccc(C#N)nc2)cc1)C1[C@H]2CC(n3cnc4cc(F)c(F)cc43)C[C@@H]12. The molecule has 1 N–H and O–H groups in total. The Morgan fingerprint density at radius 2 is 1.75 bits per heavy atom. The number of benzene rings is 2. The molecule has 6 nitrogen and oxygen atoms in total. The molecule has 180 valence electrons. The average molecular weight is 484 g/mol. The van der Waals surface area contributed by atoms with Gasteiger partial charge in [0.2, 0.25) is 5.91 Å².